The number of aryl methyl sites for hydroxylation is 4. The minimum atomic E-state index is -3.54. The quantitative estimate of drug-likeness (QED) is 0.750. The van der Waals surface area contributed by atoms with E-state index in [1.807, 2.05) is 32.9 Å². The maximum Gasteiger partial charge on any atom is 0.280 e. The summed E-state index contributed by atoms with van der Waals surface area (Å²) in [6.07, 6.45) is 0. The molecule has 28 heavy (non-hydrogen) atoms. The lowest BCUT2D eigenvalue weighted by molar-refractivity contribution is -0.895. The molecule has 2 N–H and O–H groups in total. The van der Waals surface area contributed by atoms with E-state index in [1.165, 1.54) is 4.31 Å². The number of quaternary nitrogens is 1. The van der Waals surface area contributed by atoms with Crippen molar-refractivity contribution in [2.45, 2.75) is 32.6 Å². The summed E-state index contributed by atoms with van der Waals surface area (Å²) in [6.45, 7) is 9.59. The Hall–Kier alpha value is -2.23. The van der Waals surface area contributed by atoms with Crippen molar-refractivity contribution in [2.75, 3.05) is 38.0 Å². The Bertz CT molecular complexity index is 953. The number of benzene rings is 1. The first-order valence-corrected chi connectivity index (χ1v) is 10.8. The molecule has 1 aromatic carbocycles. The smallest absolute Gasteiger partial charge is 0.280 e. The standard InChI is InChI=1S/C19H26N4O4S/c1-13-9-14(2)19(15(3)10-13)28(25,26)23-7-5-22(6-8-23)12-18(24)20-17-11-16(4)27-21-17/h9-11H,5-8,12H2,1-4H3,(H,20,21,24)/p+1. The van der Waals surface area contributed by atoms with Crippen LogP contribution in [0.4, 0.5) is 5.82 Å². The highest BCUT2D eigenvalue weighted by molar-refractivity contribution is 7.89. The normalized spacial score (nSPS) is 16.3. The molecule has 8 nitrogen and oxygen atoms in total. The molecular weight excluding hydrogens is 380 g/mol. The van der Waals surface area contributed by atoms with E-state index in [0.717, 1.165) is 21.6 Å². The minimum absolute atomic E-state index is 0.162. The zero-order chi connectivity index (χ0) is 20.5. The molecule has 1 aliphatic rings. The van der Waals surface area contributed by atoms with Crippen molar-refractivity contribution in [3.8, 4) is 0 Å². The lowest BCUT2D eigenvalue weighted by atomic mass is 10.1. The van der Waals surface area contributed by atoms with Gasteiger partial charge in [0.25, 0.3) is 5.91 Å². The maximum atomic E-state index is 13.1. The van der Waals surface area contributed by atoms with Crippen LogP contribution in [0.1, 0.15) is 22.5 Å². The minimum Gasteiger partial charge on any atom is -0.360 e. The van der Waals surface area contributed by atoms with E-state index in [4.69, 9.17) is 4.52 Å². The number of sulfonamides is 1. The lowest BCUT2D eigenvalue weighted by Crippen LogP contribution is -3.15. The van der Waals surface area contributed by atoms with Crippen LogP contribution in [0.5, 0.6) is 0 Å². The van der Waals surface area contributed by atoms with Crippen LogP contribution in [0.3, 0.4) is 0 Å². The van der Waals surface area contributed by atoms with E-state index < -0.39 is 10.0 Å². The van der Waals surface area contributed by atoms with Gasteiger partial charge in [-0.05, 0) is 38.8 Å². The van der Waals surface area contributed by atoms with Crippen LogP contribution in [0.25, 0.3) is 0 Å². The summed E-state index contributed by atoms with van der Waals surface area (Å²) in [4.78, 5) is 13.6. The van der Waals surface area contributed by atoms with Crippen LogP contribution in [-0.2, 0) is 14.8 Å². The fourth-order valence-corrected chi connectivity index (χ4v) is 5.61. The number of nitrogens with one attached hydrogen (secondary N) is 2. The van der Waals surface area contributed by atoms with Gasteiger partial charge in [0.15, 0.2) is 12.4 Å². The molecule has 1 aliphatic heterocycles. The van der Waals surface area contributed by atoms with Gasteiger partial charge in [0.05, 0.1) is 31.1 Å². The van der Waals surface area contributed by atoms with Gasteiger partial charge < -0.3 is 14.7 Å². The van der Waals surface area contributed by atoms with Gasteiger partial charge in [0, 0.05) is 6.07 Å². The molecule has 9 heteroatoms. The molecule has 0 saturated carbocycles. The second-order valence-electron chi connectivity index (χ2n) is 7.43. The van der Waals surface area contributed by atoms with E-state index in [-0.39, 0.29) is 12.5 Å². The number of aromatic nitrogens is 1. The second-order valence-corrected chi connectivity index (χ2v) is 9.30. The SMILES string of the molecule is Cc1cc(C)c(S(=O)(=O)N2CC[NH+](CC(=O)Nc3cc(C)on3)CC2)c(C)c1. The van der Waals surface area contributed by atoms with Crippen LogP contribution >= 0.6 is 0 Å². The van der Waals surface area contributed by atoms with E-state index in [2.05, 4.69) is 10.5 Å². The number of hydrogen-bond donors (Lipinski definition) is 2. The van der Waals surface area contributed by atoms with Gasteiger partial charge in [0.2, 0.25) is 10.0 Å². The average Bonchev–Trinajstić information content (AvgIpc) is 2.98. The van der Waals surface area contributed by atoms with Gasteiger partial charge in [-0.2, -0.15) is 4.31 Å². The Morgan fingerprint density at radius 2 is 1.75 bits per heavy atom. The van der Waals surface area contributed by atoms with E-state index in [9.17, 15) is 13.2 Å². The van der Waals surface area contributed by atoms with Gasteiger partial charge in [0.1, 0.15) is 5.76 Å². The Morgan fingerprint density at radius 1 is 1.14 bits per heavy atom. The lowest BCUT2D eigenvalue weighted by Gasteiger charge is -2.31. The van der Waals surface area contributed by atoms with Crippen LogP contribution in [0.15, 0.2) is 27.6 Å². The molecule has 2 heterocycles. The summed E-state index contributed by atoms with van der Waals surface area (Å²) in [6, 6.07) is 5.46. The average molecular weight is 408 g/mol. The Kier molecular flexibility index (Phi) is 5.87. The molecule has 1 fully saturated rings. The van der Waals surface area contributed by atoms with Gasteiger partial charge in [-0.15, -0.1) is 0 Å². The summed E-state index contributed by atoms with van der Waals surface area (Å²) < 4.78 is 32.7. The van der Waals surface area contributed by atoms with Crippen molar-refractivity contribution in [3.63, 3.8) is 0 Å². The molecule has 152 valence electrons. The summed E-state index contributed by atoms with van der Waals surface area (Å²) >= 11 is 0. The van der Waals surface area contributed by atoms with Crippen molar-refractivity contribution < 1.29 is 22.6 Å². The molecule has 0 aliphatic carbocycles. The molecular formula is C19H27N4O4S+. The first-order valence-electron chi connectivity index (χ1n) is 9.31. The number of carbonyl (C=O) groups is 1. The number of nitrogens with zero attached hydrogens (tertiary/aromatic N) is 2. The van der Waals surface area contributed by atoms with E-state index in [1.54, 1.807) is 13.0 Å². The highest BCUT2D eigenvalue weighted by Crippen LogP contribution is 2.25. The highest BCUT2D eigenvalue weighted by Gasteiger charge is 2.33. The zero-order valence-electron chi connectivity index (χ0n) is 16.7. The van der Waals surface area contributed by atoms with Crippen molar-refractivity contribution in [3.05, 3.63) is 40.6 Å². The first kappa shape index (κ1) is 20.5. The monoisotopic (exact) mass is 407 g/mol. The van der Waals surface area contributed by atoms with Crippen LogP contribution < -0.4 is 10.2 Å². The summed E-state index contributed by atoms with van der Waals surface area (Å²) in [5, 5.41) is 6.45. The number of anilines is 1. The molecule has 0 bridgehead atoms. The predicted octanol–water partition coefficient (Wildman–Crippen LogP) is 0.436. The third kappa shape index (κ3) is 4.43. The van der Waals surface area contributed by atoms with Gasteiger partial charge >= 0.3 is 0 Å². The van der Waals surface area contributed by atoms with Crippen molar-refractivity contribution >= 4 is 21.7 Å². The number of piperazine rings is 1. The molecule has 2 aromatic rings. The first-order chi connectivity index (χ1) is 13.2. The Labute approximate surface area is 165 Å². The summed E-state index contributed by atoms with van der Waals surface area (Å²) in [7, 11) is -3.54. The molecule has 3 rings (SSSR count). The second kappa shape index (κ2) is 8.02. The Balaban J connectivity index is 1.61. The summed E-state index contributed by atoms with van der Waals surface area (Å²) in [5.41, 5.74) is 2.60. The number of amides is 1. The molecule has 0 spiro atoms. The maximum absolute atomic E-state index is 13.1. The van der Waals surface area contributed by atoms with Gasteiger partial charge in [-0.25, -0.2) is 8.42 Å². The van der Waals surface area contributed by atoms with Crippen molar-refractivity contribution in [1.29, 1.82) is 0 Å². The number of rotatable bonds is 5. The third-order valence-electron chi connectivity index (χ3n) is 4.94. The van der Waals surface area contributed by atoms with Crippen molar-refractivity contribution in [1.82, 2.24) is 9.46 Å². The molecule has 1 aromatic heterocycles. The molecule has 1 saturated heterocycles. The van der Waals surface area contributed by atoms with Crippen molar-refractivity contribution in [2.24, 2.45) is 0 Å². The predicted molar refractivity (Wildman–Crippen MR) is 105 cm³/mol. The largest absolute Gasteiger partial charge is 0.360 e. The topological polar surface area (TPSA) is 97.0 Å². The van der Waals surface area contributed by atoms with E-state index >= 15 is 0 Å². The third-order valence-corrected chi connectivity index (χ3v) is 7.14. The molecule has 1 amide bonds. The van der Waals surface area contributed by atoms with Crippen LogP contribution in [-0.4, -0.2) is 56.5 Å². The van der Waals surface area contributed by atoms with E-state index in [0.29, 0.717) is 42.7 Å². The fourth-order valence-electron chi connectivity index (χ4n) is 3.76. The molecule has 0 unspecified atom stereocenters. The van der Waals surface area contributed by atoms with Crippen LogP contribution in [0, 0.1) is 27.7 Å². The van der Waals surface area contributed by atoms with Gasteiger partial charge in [-0.3, -0.25) is 4.79 Å². The fraction of sp³-hybridized carbons (Fsp3) is 0.474. The zero-order valence-corrected chi connectivity index (χ0v) is 17.5. The number of carbonyl (C=O) groups excluding carboxylic acids is 1. The Morgan fingerprint density at radius 3 is 2.29 bits per heavy atom. The molecule has 0 radical (unpaired) electrons. The molecule has 0 atom stereocenters. The van der Waals surface area contributed by atoms with Crippen LogP contribution in [0.2, 0.25) is 0 Å². The summed E-state index contributed by atoms with van der Waals surface area (Å²) in [5.74, 6) is 0.862. The number of hydrogen-bond acceptors (Lipinski definition) is 5. The van der Waals surface area contributed by atoms with Gasteiger partial charge in [-0.1, -0.05) is 22.9 Å². The highest BCUT2D eigenvalue weighted by atomic mass is 32.2.